The van der Waals surface area contributed by atoms with Gasteiger partial charge in [0.15, 0.2) is 17.6 Å². The Hall–Kier alpha value is -2.78. The number of primary amides is 1. The number of nitrogens with two attached hydrogens (primary N) is 1. The second-order valence-corrected chi connectivity index (χ2v) is 6.87. The van der Waals surface area contributed by atoms with Gasteiger partial charge in [-0.25, -0.2) is 4.79 Å². The fourth-order valence-corrected chi connectivity index (χ4v) is 3.39. The number of rotatable bonds is 5. The molecule has 0 aliphatic carbocycles. The number of ether oxygens (including phenoxy) is 3. The summed E-state index contributed by atoms with van der Waals surface area (Å²) in [6.45, 7) is 2.11. The van der Waals surface area contributed by atoms with E-state index < -0.39 is 23.9 Å². The molecule has 142 valence electrons. The highest BCUT2D eigenvalue weighted by Gasteiger charge is 2.24. The van der Waals surface area contributed by atoms with E-state index in [1.54, 1.807) is 5.38 Å². The maximum atomic E-state index is 12.3. The van der Waals surface area contributed by atoms with Crippen molar-refractivity contribution in [3.05, 3.63) is 39.7 Å². The van der Waals surface area contributed by atoms with Gasteiger partial charge in [0.2, 0.25) is 0 Å². The largest absolute Gasteiger partial charge is 0.486 e. The molecule has 0 radical (unpaired) electrons. The lowest BCUT2D eigenvalue weighted by Crippen LogP contribution is -2.30. The van der Waals surface area contributed by atoms with Crippen LogP contribution >= 0.6 is 22.9 Å². The molecule has 2 aromatic rings. The standard InChI is InChI=1S/C17H15ClN2O6S/c1-8(15(22)20-16-10(14(19)21)2-5-27-16)26-17(23)9-6-11(18)13-12(7-9)24-3-4-25-13/h2,5-8H,3-4H2,1H3,(H2,19,21)(H,20,22). The molecule has 0 saturated carbocycles. The summed E-state index contributed by atoms with van der Waals surface area (Å²) in [7, 11) is 0. The molecule has 1 aliphatic rings. The molecule has 10 heteroatoms. The van der Waals surface area contributed by atoms with E-state index in [2.05, 4.69) is 5.32 Å². The Morgan fingerprint density at radius 3 is 2.78 bits per heavy atom. The zero-order valence-electron chi connectivity index (χ0n) is 14.1. The van der Waals surface area contributed by atoms with Gasteiger partial charge in [-0.3, -0.25) is 9.59 Å². The van der Waals surface area contributed by atoms with Crippen LogP contribution in [0.3, 0.4) is 0 Å². The summed E-state index contributed by atoms with van der Waals surface area (Å²) >= 11 is 7.23. The van der Waals surface area contributed by atoms with Crippen LogP contribution in [0.4, 0.5) is 5.00 Å². The highest BCUT2D eigenvalue weighted by atomic mass is 35.5. The van der Waals surface area contributed by atoms with Crippen molar-refractivity contribution in [2.24, 2.45) is 5.73 Å². The van der Waals surface area contributed by atoms with Gasteiger partial charge in [0.25, 0.3) is 11.8 Å². The van der Waals surface area contributed by atoms with E-state index in [9.17, 15) is 14.4 Å². The van der Waals surface area contributed by atoms with Crippen LogP contribution < -0.4 is 20.5 Å². The molecule has 1 aromatic heterocycles. The van der Waals surface area contributed by atoms with Crippen LogP contribution in [0.5, 0.6) is 11.5 Å². The Bertz CT molecular complexity index is 913. The molecule has 27 heavy (non-hydrogen) atoms. The average molecular weight is 411 g/mol. The Labute approximate surface area is 163 Å². The van der Waals surface area contributed by atoms with Gasteiger partial charge in [-0.1, -0.05) is 11.6 Å². The molecule has 8 nitrogen and oxygen atoms in total. The van der Waals surface area contributed by atoms with Crippen molar-refractivity contribution in [1.82, 2.24) is 0 Å². The minimum absolute atomic E-state index is 0.123. The third-order valence-corrected chi connectivity index (χ3v) is 4.76. The fraction of sp³-hybridized carbons (Fsp3) is 0.235. The maximum absolute atomic E-state index is 12.3. The summed E-state index contributed by atoms with van der Waals surface area (Å²) in [6.07, 6.45) is -1.12. The second kappa shape index (κ2) is 7.85. The number of esters is 1. The monoisotopic (exact) mass is 410 g/mol. The molecular weight excluding hydrogens is 396 g/mol. The lowest BCUT2D eigenvalue weighted by molar-refractivity contribution is -0.123. The Morgan fingerprint density at radius 2 is 2.04 bits per heavy atom. The van der Waals surface area contributed by atoms with Crippen molar-refractivity contribution in [1.29, 1.82) is 0 Å². The molecule has 1 aromatic carbocycles. The summed E-state index contributed by atoms with van der Waals surface area (Å²) in [6, 6.07) is 4.32. The quantitative estimate of drug-likeness (QED) is 0.731. The van der Waals surface area contributed by atoms with Crippen molar-refractivity contribution in [2.75, 3.05) is 18.5 Å². The van der Waals surface area contributed by atoms with E-state index >= 15 is 0 Å². The van der Waals surface area contributed by atoms with Gasteiger partial charge >= 0.3 is 5.97 Å². The summed E-state index contributed by atoms with van der Waals surface area (Å²) in [5.74, 6) is -1.32. The zero-order chi connectivity index (χ0) is 19.6. The number of halogens is 1. The maximum Gasteiger partial charge on any atom is 0.339 e. The highest BCUT2D eigenvalue weighted by Crippen LogP contribution is 2.38. The van der Waals surface area contributed by atoms with Crippen molar-refractivity contribution in [3.63, 3.8) is 0 Å². The van der Waals surface area contributed by atoms with Crippen LogP contribution in [0.25, 0.3) is 0 Å². The van der Waals surface area contributed by atoms with E-state index in [1.165, 1.54) is 25.1 Å². The van der Waals surface area contributed by atoms with Crippen LogP contribution in [0.15, 0.2) is 23.6 Å². The molecule has 1 aliphatic heterocycles. The molecule has 3 N–H and O–H groups in total. The van der Waals surface area contributed by atoms with E-state index in [0.29, 0.717) is 24.7 Å². The van der Waals surface area contributed by atoms with E-state index in [1.807, 2.05) is 0 Å². The number of amides is 2. The SMILES string of the molecule is CC(OC(=O)c1cc(Cl)c2c(c1)OCCO2)C(=O)Nc1sccc1C(N)=O. The minimum Gasteiger partial charge on any atom is -0.486 e. The number of thiophene rings is 1. The number of hydrogen-bond acceptors (Lipinski definition) is 7. The first-order valence-corrected chi connectivity index (χ1v) is 9.11. The predicted octanol–water partition coefficient (Wildman–Crippen LogP) is 2.46. The molecule has 2 amide bonds. The van der Waals surface area contributed by atoms with Gasteiger partial charge in [0.1, 0.15) is 18.2 Å². The molecule has 0 spiro atoms. The third kappa shape index (κ3) is 4.15. The number of fused-ring (bicyclic) bond motifs is 1. The van der Waals surface area contributed by atoms with Gasteiger partial charge in [-0.2, -0.15) is 0 Å². The zero-order valence-corrected chi connectivity index (χ0v) is 15.7. The highest BCUT2D eigenvalue weighted by molar-refractivity contribution is 7.14. The lowest BCUT2D eigenvalue weighted by atomic mass is 10.2. The van der Waals surface area contributed by atoms with Gasteiger partial charge < -0.3 is 25.3 Å². The summed E-state index contributed by atoms with van der Waals surface area (Å²) in [4.78, 5) is 35.9. The van der Waals surface area contributed by atoms with Crippen LogP contribution in [0.1, 0.15) is 27.6 Å². The summed E-state index contributed by atoms with van der Waals surface area (Å²) in [5, 5.41) is 4.63. The Kier molecular flexibility index (Phi) is 5.52. The normalized spacial score (nSPS) is 13.6. The second-order valence-electron chi connectivity index (χ2n) is 5.55. The van der Waals surface area contributed by atoms with Crippen molar-refractivity contribution >= 4 is 45.7 Å². The molecular formula is C17H15ClN2O6S. The number of anilines is 1. The first kappa shape index (κ1) is 19.0. The molecule has 0 bridgehead atoms. The van der Waals surface area contributed by atoms with Crippen LogP contribution in [0.2, 0.25) is 5.02 Å². The lowest BCUT2D eigenvalue weighted by Gasteiger charge is -2.20. The minimum atomic E-state index is -1.12. The smallest absolute Gasteiger partial charge is 0.339 e. The number of carbonyl (C=O) groups is 3. The van der Waals surface area contributed by atoms with Crippen LogP contribution in [-0.4, -0.2) is 37.1 Å². The first-order chi connectivity index (χ1) is 12.9. The number of hydrogen-bond donors (Lipinski definition) is 2. The molecule has 0 saturated heterocycles. The molecule has 0 fully saturated rings. The summed E-state index contributed by atoms with van der Waals surface area (Å²) in [5.41, 5.74) is 5.54. The van der Waals surface area contributed by atoms with Gasteiger partial charge in [-0.15, -0.1) is 11.3 Å². The average Bonchev–Trinajstić information content (AvgIpc) is 3.10. The van der Waals surface area contributed by atoms with Crippen molar-refractivity contribution < 1.29 is 28.6 Å². The number of carbonyl (C=O) groups excluding carboxylic acids is 3. The van der Waals surface area contributed by atoms with Crippen LogP contribution in [0, 0.1) is 0 Å². The number of nitrogens with one attached hydrogen (secondary N) is 1. The van der Waals surface area contributed by atoms with Gasteiger partial charge in [-0.05, 0) is 30.5 Å². The van der Waals surface area contributed by atoms with Crippen molar-refractivity contribution in [2.45, 2.75) is 13.0 Å². The Balaban J connectivity index is 1.68. The predicted molar refractivity (Wildman–Crippen MR) is 98.8 cm³/mol. The molecule has 2 heterocycles. The van der Waals surface area contributed by atoms with Gasteiger partial charge in [0.05, 0.1) is 16.1 Å². The molecule has 3 rings (SSSR count). The third-order valence-electron chi connectivity index (χ3n) is 3.65. The fourth-order valence-electron chi connectivity index (χ4n) is 2.32. The Morgan fingerprint density at radius 1 is 1.30 bits per heavy atom. The summed E-state index contributed by atoms with van der Waals surface area (Å²) < 4.78 is 16.0. The van der Waals surface area contributed by atoms with E-state index in [0.717, 1.165) is 11.3 Å². The van der Waals surface area contributed by atoms with E-state index in [-0.39, 0.29) is 21.2 Å². The van der Waals surface area contributed by atoms with E-state index in [4.69, 9.17) is 31.5 Å². The van der Waals surface area contributed by atoms with Crippen molar-refractivity contribution in [3.8, 4) is 11.5 Å². The van der Waals surface area contributed by atoms with Gasteiger partial charge in [0, 0.05) is 0 Å². The topological polar surface area (TPSA) is 117 Å². The van der Waals surface area contributed by atoms with Crippen LogP contribution in [-0.2, 0) is 9.53 Å². The number of benzene rings is 1. The molecule has 1 atom stereocenters. The molecule has 1 unspecified atom stereocenters. The first-order valence-electron chi connectivity index (χ1n) is 7.85.